The second-order valence-corrected chi connectivity index (χ2v) is 7.94. The third kappa shape index (κ3) is 3.39. The summed E-state index contributed by atoms with van der Waals surface area (Å²) < 4.78 is 16.7. The Kier molecular flexibility index (Phi) is 5.63. The molecule has 2 heterocycles. The fraction of sp³-hybridized carbons (Fsp3) is 0.333. The number of hydrogen-bond donors (Lipinski definition) is 2. The van der Waals surface area contributed by atoms with Crippen LogP contribution >= 0.6 is 11.8 Å². The van der Waals surface area contributed by atoms with Gasteiger partial charge in [-0.05, 0) is 11.8 Å². The molecule has 2 aromatic rings. The molecule has 2 aliphatic heterocycles. The first-order valence-corrected chi connectivity index (χ1v) is 10.6. The quantitative estimate of drug-likeness (QED) is 0.756. The third-order valence-corrected chi connectivity index (χ3v) is 5.81. The van der Waals surface area contributed by atoms with Crippen molar-refractivity contribution in [3.8, 4) is 17.2 Å². The summed E-state index contributed by atoms with van der Waals surface area (Å²) >= 11 is 1.48. The first-order chi connectivity index (χ1) is 14.6. The number of ether oxygens (including phenoxy) is 3. The molecule has 9 heteroatoms. The van der Waals surface area contributed by atoms with E-state index in [9.17, 15) is 4.79 Å². The maximum Gasteiger partial charge on any atom is 0.255 e. The predicted molar refractivity (Wildman–Crippen MR) is 117 cm³/mol. The zero-order valence-corrected chi connectivity index (χ0v) is 18.1. The van der Waals surface area contributed by atoms with Crippen molar-refractivity contribution >= 4 is 28.5 Å². The van der Waals surface area contributed by atoms with Crippen molar-refractivity contribution in [2.24, 2.45) is 5.10 Å². The minimum atomic E-state index is -0.579. The van der Waals surface area contributed by atoms with Crippen LogP contribution in [0.1, 0.15) is 30.3 Å². The first-order valence-electron chi connectivity index (χ1n) is 9.57. The summed E-state index contributed by atoms with van der Waals surface area (Å²) in [5.74, 6) is 2.44. The normalized spacial score (nSPS) is 19.7. The number of benzene rings is 2. The van der Waals surface area contributed by atoms with Gasteiger partial charge in [0.1, 0.15) is 17.2 Å². The summed E-state index contributed by atoms with van der Waals surface area (Å²) in [5.41, 5.74) is 2.46. The number of amidine groups is 1. The molecule has 30 heavy (non-hydrogen) atoms. The van der Waals surface area contributed by atoms with Crippen molar-refractivity contribution in [3.63, 3.8) is 0 Å². The highest BCUT2D eigenvalue weighted by Crippen LogP contribution is 2.48. The van der Waals surface area contributed by atoms with Gasteiger partial charge in [0.25, 0.3) is 5.91 Å². The van der Waals surface area contributed by atoms with Crippen LogP contribution in [0.15, 0.2) is 41.5 Å². The van der Waals surface area contributed by atoms with Crippen LogP contribution in [0, 0.1) is 0 Å². The van der Waals surface area contributed by atoms with Gasteiger partial charge < -0.3 is 24.8 Å². The van der Waals surface area contributed by atoms with Gasteiger partial charge in [0.05, 0.1) is 26.9 Å². The monoisotopic (exact) mass is 428 g/mol. The number of methoxy groups -OCH3 is 3. The van der Waals surface area contributed by atoms with Gasteiger partial charge in [-0.1, -0.05) is 36.9 Å². The predicted octanol–water partition coefficient (Wildman–Crippen LogP) is 3.33. The molecule has 2 aromatic carbocycles. The molecule has 0 spiro atoms. The number of hydrazone groups is 1. The molecule has 0 bridgehead atoms. The topological polar surface area (TPSA) is 84.4 Å². The van der Waals surface area contributed by atoms with Crippen LogP contribution in [0.2, 0.25) is 0 Å². The van der Waals surface area contributed by atoms with Crippen molar-refractivity contribution < 1.29 is 19.0 Å². The molecule has 2 aliphatic rings. The summed E-state index contributed by atoms with van der Waals surface area (Å²) in [6.07, 6.45) is -0.487. The smallest absolute Gasteiger partial charge is 0.255 e. The van der Waals surface area contributed by atoms with E-state index in [2.05, 4.69) is 10.6 Å². The molecule has 1 amide bonds. The number of carbonyl (C=O) groups excluding carboxylic acids is 1. The van der Waals surface area contributed by atoms with Crippen LogP contribution < -0.4 is 24.8 Å². The van der Waals surface area contributed by atoms with Crippen LogP contribution in [-0.4, -0.2) is 43.2 Å². The molecule has 0 aromatic heterocycles. The van der Waals surface area contributed by atoms with E-state index < -0.39 is 12.2 Å². The maximum absolute atomic E-state index is 13.1. The fourth-order valence-electron chi connectivity index (χ4n) is 3.76. The number of rotatable bonds is 5. The number of hydrogen-bond acceptors (Lipinski definition) is 8. The van der Waals surface area contributed by atoms with Crippen LogP contribution in [0.5, 0.6) is 17.2 Å². The first kappa shape index (κ1) is 20.2. The average molecular weight is 429 g/mol. The van der Waals surface area contributed by atoms with Gasteiger partial charge in [-0.25, -0.2) is 0 Å². The Balaban J connectivity index is 1.91. The minimum Gasteiger partial charge on any atom is -0.496 e. The molecule has 0 saturated heterocycles. The number of anilines is 1. The number of thioether (sulfide) groups is 1. The van der Waals surface area contributed by atoms with E-state index in [-0.39, 0.29) is 5.91 Å². The molecule has 8 nitrogen and oxygen atoms in total. The number of fused-ring (bicyclic) bond motifs is 3. The largest absolute Gasteiger partial charge is 0.496 e. The highest BCUT2D eigenvalue weighted by Gasteiger charge is 2.43. The van der Waals surface area contributed by atoms with E-state index in [1.165, 1.54) is 11.8 Å². The van der Waals surface area contributed by atoms with Crippen molar-refractivity contribution in [3.05, 3.63) is 47.5 Å². The van der Waals surface area contributed by atoms with Gasteiger partial charge in [-0.3, -0.25) is 9.80 Å². The Morgan fingerprint density at radius 3 is 2.43 bits per heavy atom. The lowest BCUT2D eigenvalue weighted by Gasteiger charge is -2.44. The molecule has 0 radical (unpaired) electrons. The average Bonchev–Trinajstić information content (AvgIpc) is 2.77. The lowest BCUT2D eigenvalue weighted by molar-refractivity contribution is -0.127. The SMILES string of the molecule is CCSC1=NN2[C@@H](c3c(OC)cc(OC)cc3OC)Nc3ccccc3[C@H]2C(=O)N1. The van der Waals surface area contributed by atoms with E-state index in [0.29, 0.717) is 22.4 Å². The van der Waals surface area contributed by atoms with Crippen LogP contribution in [0.4, 0.5) is 5.69 Å². The lowest BCUT2D eigenvalue weighted by Crippen LogP contribution is -2.51. The molecule has 0 saturated carbocycles. The highest BCUT2D eigenvalue weighted by atomic mass is 32.2. The number of carbonyl (C=O) groups is 1. The van der Waals surface area contributed by atoms with Gasteiger partial charge in [0, 0.05) is 23.4 Å². The Labute approximate surface area is 179 Å². The number of amides is 1. The highest BCUT2D eigenvalue weighted by molar-refractivity contribution is 8.13. The van der Waals surface area contributed by atoms with E-state index in [1.54, 1.807) is 38.5 Å². The summed E-state index contributed by atoms with van der Waals surface area (Å²) in [7, 11) is 4.78. The van der Waals surface area contributed by atoms with E-state index >= 15 is 0 Å². The van der Waals surface area contributed by atoms with E-state index in [0.717, 1.165) is 22.6 Å². The van der Waals surface area contributed by atoms with Gasteiger partial charge in [-0.15, -0.1) is 5.10 Å². The van der Waals surface area contributed by atoms with Crippen molar-refractivity contribution in [1.29, 1.82) is 0 Å². The molecular weight excluding hydrogens is 404 g/mol. The number of nitrogens with one attached hydrogen (secondary N) is 2. The second-order valence-electron chi connectivity index (χ2n) is 6.69. The summed E-state index contributed by atoms with van der Waals surface area (Å²) in [5, 5.41) is 13.6. The van der Waals surface area contributed by atoms with Gasteiger partial charge in [-0.2, -0.15) is 0 Å². The third-order valence-electron chi connectivity index (χ3n) is 5.07. The van der Waals surface area contributed by atoms with Crippen LogP contribution in [-0.2, 0) is 4.79 Å². The lowest BCUT2D eigenvalue weighted by atomic mass is 9.96. The summed E-state index contributed by atoms with van der Waals surface area (Å²) in [4.78, 5) is 13.1. The molecule has 0 fully saturated rings. The van der Waals surface area contributed by atoms with Crippen LogP contribution in [0.25, 0.3) is 0 Å². The Hall–Kier alpha value is -3.07. The van der Waals surface area contributed by atoms with Crippen LogP contribution in [0.3, 0.4) is 0 Å². The molecule has 0 unspecified atom stereocenters. The summed E-state index contributed by atoms with van der Waals surface area (Å²) in [6, 6.07) is 10.8. The van der Waals surface area contributed by atoms with Crippen molar-refractivity contribution in [2.75, 3.05) is 32.4 Å². The van der Waals surface area contributed by atoms with E-state index in [4.69, 9.17) is 19.3 Å². The second kappa shape index (κ2) is 8.35. The number of para-hydroxylation sites is 1. The maximum atomic E-state index is 13.1. The number of nitrogens with zero attached hydrogens (tertiary/aromatic N) is 2. The fourth-order valence-corrected chi connectivity index (χ4v) is 4.36. The molecule has 4 rings (SSSR count). The Morgan fingerprint density at radius 1 is 1.10 bits per heavy atom. The van der Waals surface area contributed by atoms with Gasteiger partial charge in [0.15, 0.2) is 17.4 Å². The zero-order chi connectivity index (χ0) is 21.3. The zero-order valence-electron chi connectivity index (χ0n) is 17.3. The van der Waals surface area contributed by atoms with Gasteiger partial charge >= 0.3 is 0 Å². The summed E-state index contributed by atoms with van der Waals surface area (Å²) in [6.45, 7) is 2.02. The minimum absolute atomic E-state index is 0.119. The van der Waals surface area contributed by atoms with E-state index in [1.807, 2.05) is 31.2 Å². The van der Waals surface area contributed by atoms with Gasteiger partial charge in [0.2, 0.25) is 0 Å². The Morgan fingerprint density at radius 2 is 1.80 bits per heavy atom. The molecule has 2 atom stereocenters. The molecule has 0 aliphatic carbocycles. The molecule has 158 valence electrons. The molecule has 2 N–H and O–H groups in total. The Bertz CT molecular complexity index is 972. The molecular formula is C21H24N4O4S. The van der Waals surface area contributed by atoms with Crippen molar-refractivity contribution in [2.45, 2.75) is 19.1 Å². The van der Waals surface area contributed by atoms with Crippen molar-refractivity contribution in [1.82, 2.24) is 10.3 Å². The standard InChI is InChI=1S/C21H24N4O4S/c1-5-30-21-23-20(26)18-13-8-6-7-9-14(13)22-19(25(18)24-21)17-15(28-3)10-12(27-2)11-16(17)29-4/h6-11,18-19,22H,5H2,1-4H3,(H,23,24,26)/t18-,19-/m0/s1.